The van der Waals surface area contributed by atoms with Gasteiger partial charge in [-0.05, 0) is 24.8 Å². The van der Waals surface area contributed by atoms with Gasteiger partial charge in [-0.25, -0.2) is 4.39 Å². The Bertz CT molecular complexity index is 168. The molecular weight excluding hydrogens is 151 g/mol. The quantitative estimate of drug-likeness (QED) is 0.557. The lowest BCUT2D eigenvalue weighted by Gasteiger charge is -2.13. The standard InChI is InChI=1S/C11H19F/c1-5-9(3)10(4)7-8-11(12)6-2/h6-10H,5H2,1-4H3/b8-7-,11-6+. The fourth-order valence-corrected chi connectivity index (χ4v) is 0.901. The average Bonchev–Trinajstić information content (AvgIpc) is 2.11. The molecule has 70 valence electrons. The molecule has 0 aliphatic heterocycles. The summed E-state index contributed by atoms with van der Waals surface area (Å²) < 4.78 is 12.6. The van der Waals surface area contributed by atoms with Crippen LogP contribution in [-0.4, -0.2) is 0 Å². The monoisotopic (exact) mass is 170 g/mol. The number of allylic oxidation sites excluding steroid dienone is 4. The Hall–Kier alpha value is -0.590. The summed E-state index contributed by atoms with van der Waals surface area (Å²) >= 11 is 0. The van der Waals surface area contributed by atoms with Crippen molar-refractivity contribution in [1.29, 1.82) is 0 Å². The summed E-state index contributed by atoms with van der Waals surface area (Å²) in [6.07, 6.45) is 6.10. The van der Waals surface area contributed by atoms with E-state index in [1.54, 1.807) is 13.0 Å². The Morgan fingerprint density at radius 3 is 2.42 bits per heavy atom. The minimum absolute atomic E-state index is 0.148. The van der Waals surface area contributed by atoms with E-state index in [2.05, 4.69) is 20.8 Å². The molecular formula is C11H19F. The third-order valence-corrected chi connectivity index (χ3v) is 2.38. The van der Waals surface area contributed by atoms with Gasteiger partial charge in [0.25, 0.3) is 0 Å². The van der Waals surface area contributed by atoms with Crippen molar-refractivity contribution >= 4 is 0 Å². The van der Waals surface area contributed by atoms with Gasteiger partial charge in [0.15, 0.2) is 0 Å². The second kappa shape index (κ2) is 5.99. The summed E-state index contributed by atoms with van der Waals surface area (Å²) in [7, 11) is 0. The lowest BCUT2D eigenvalue weighted by Crippen LogP contribution is -2.02. The third-order valence-electron chi connectivity index (χ3n) is 2.38. The Labute approximate surface area is 75.2 Å². The van der Waals surface area contributed by atoms with Crippen molar-refractivity contribution in [1.82, 2.24) is 0 Å². The van der Waals surface area contributed by atoms with Gasteiger partial charge in [-0.1, -0.05) is 39.3 Å². The van der Waals surface area contributed by atoms with Crippen molar-refractivity contribution in [3.63, 3.8) is 0 Å². The topological polar surface area (TPSA) is 0 Å². The first-order valence-corrected chi connectivity index (χ1v) is 4.61. The van der Waals surface area contributed by atoms with E-state index in [1.807, 2.05) is 6.08 Å². The molecule has 2 unspecified atom stereocenters. The van der Waals surface area contributed by atoms with Crippen molar-refractivity contribution < 1.29 is 4.39 Å². The van der Waals surface area contributed by atoms with Gasteiger partial charge < -0.3 is 0 Å². The van der Waals surface area contributed by atoms with Crippen molar-refractivity contribution in [2.45, 2.75) is 34.1 Å². The molecule has 0 fully saturated rings. The summed E-state index contributed by atoms with van der Waals surface area (Å²) in [4.78, 5) is 0. The molecule has 0 aromatic carbocycles. The summed E-state index contributed by atoms with van der Waals surface area (Å²) in [5, 5.41) is 0. The zero-order chi connectivity index (χ0) is 9.56. The molecule has 0 bridgehead atoms. The molecule has 1 heteroatoms. The van der Waals surface area contributed by atoms with Crippen LogP contribution in [0.5, 0.6) is 0 Å². The summed E-state index contributed by atoms with van der Waals surface area (Å²) in [6.45, 7) is 8.16. The Morgan fingerprint density at radius 1 is 1.42 bits per heavy atom. The highest BCUT2D eigenvalue weighted by Gasteiger charge is 2.05. The molecule has 0 saturated heterocycles. The van der Waals surface area contributed by atoms with Crippen LogP contribution in [0.3, 0.4) is 0 Å². The van der Waals surface area contributed by atoms with Crippen LogP contribution in [0, 0.1) is 11.8 Å². The molecule has 0 spiro atoms. The van der Waals surface area contributed by atoms with Crippen molar-refractivity contribution in [3.05, 3.63) is 24.1 Å². The number of rotatable bonds is 4. The van der Waals surface area contributed by atoms with Crippen molar-refractivity contribution in [2.75, 3.05) is 0 Å². The van der Waals surface area contributed by atoms with Crippen LogP contribution in [0.25, 0.3) is 0 Å². The van der Waals surface area contributed by atoms with Gasteiger partial charge in [-0.2, -0.15) is 0 Å². The maximum atomic E-state index is 12.6. The highest BCUT2D eigenvalue weighted by atomic mass is 19.1. The van der Waals surface area contributed by atoms with Crippen LogP contribution in [0.15, 0.2) is 24.1 Å². The van der Waals surface area contributed by atoms with Gasteiger partial charge in [0, 0.05) is 0 Å². The van der Waals surface area contributed by atoms with E-state index >= 15 is 0 Å². The van der Waals surface area contributed by atoms with Crippen LogP contribution in [0.2, 0.25) is 0 Å². The van der Waals surface area contributed by atoms with Gasteiger partial charge in [0.1, 0.15) is 5.83 Å². The van der Waals surface area contributed by atoms with E-state index < -0.39 is 0 Å². The Kier molecular flexibility index (Phi) is 5.69. The Balaban J connectivity index is 3.99. The summed E-state index contributed by atoms with van der Waals surface area (Å²) in [5.74, 6) is 0.941. The zero-order valence-electron chi connectivity index (χ0n) is 8.47. The molecule has 0 radical (unpaired) electrons. The smallest absolute Gasteiger partial charge is 0.118 e. The van der Waals surface area contributed by atoms with Crippen LogP contribution in [0.1, 0.15) is 34.1 Å². The molecule has 0 aromatic heterocycles. The zero-order valence-corrected chi connectivity index (χ0v) is 8.47. The molecule has 0 saturated carbocycles. The maximum Gasteiger partial charge on any atom is 0.118 e. The van der Waals surface area contributed by atoms with Gasteiger partial charge in [-0.15, -0.1) is 0 Å². The summed E-state index contributed by atoms with van der Waals surface area (Å²) in [5.41, 5.74) is 0. The fourth-order valence-electron chi connectivity index (χ4n) is 0.901. The third kappa shape index (κ3) is 4.32. The minimum Gasteiger partial charge on any atom is -0.207 e. The number of hydrogen-bond acceptors (Lipinski definition) is 0. The highest BCUT2D eigenvalue weighted by Crippen LogP contribution is 2.16. The van der Waals surface area contributed by atoms with Gasteiger partial charge in [0.05, 0.1) is 0 Å². The molecule has 0 N–H and O–H groups in total. The lowest BCUT2D eigenvalue weighted by molar-refractivity contribution is 0.445. The second-order valence-electron chi connectivity index (χ2n) is 3.28. The van der Waals surface area contributed by atoms with E-state index in [-0.39, 0.29) is 5.83 Å². The number of halogens is 1. The molecule has 0 aliphatic rings. The minimum atomic E-state index is -0.148. The van der Waals surface area contributed by atoms with E-state index in [4.69, 9.17) is 0 Å². The van der Waals surface area contributed by atoms with E-state index in [1.165, 1.54) is 6.08 Å². The molecule has 2 atom stereocenters. The molecule has 0 rings (SSSR count). The second-order valence-corrected chi connectivity index (χ2v) is 3.28. The van der Waals surface area contributed by atoms with Gasteiger partial charge in [0.2, 0.25) is 0 Å². The predicted octanol–water partition coefficient (Wildman–Crippen LogP) is 4.10. The van der Waals surface area contributed by atoms with Crippen LogP contribution < -0.4 is 0 Å². The highest BCUT2D eigenvalue weighted by molar-refractivity contribution is 5.10. The lowest BCUT2D eigenvalue weighted by atomic mass is 9.93. The SMILES string of the molecule is C/C=C(F)\C=C/C(C)C(C)CC. The maximum absolute atomic E-state index is 12.6. The van der Waals surface area contributed by atoms with Crippen molar-refractivity contribution in [2.24, 2.45) is 11.8 Å². The predicted molar refractivity (Wildman–Crippen MR) is 52.6 cm³/mol. The fraction of sp³-hybridized carbons (Fsp3) is 0.636. The molecule has 0 heterocycles. The largest absolute Gasteiger partial charge is 0.207 e. The van der Waals surface area contributed by atoms with E-state index in [9.17, 15) is 4.39 Å². The first kappa shape index (κ1) is 11.4. The number of hydrogen-bond donors (Lipinski definition) is 0. The van der Waals surface area contributed by atoms with Gasteiger partial charge >= 0.3 is 0 Å². The average molecular weight is 170 g/mol. The first-order valence-electron chi connectivity index (χ1n) is 4.61. The summed E-state index contributed by atoms with van der Waals surface area (Å²) in [6, 6.07) is 0. The molecule has 0 aromatic rings. The molecule has 0 amide bonds. The molecule has 0 nitrogen and oxygen atoms in total. The normalized spacial score (nSPS) is 18.2. The van der Waals surface area contributed by atoms with Crippen LogP contribution in [0.4, 0.5) is 4.39 Å². The first-order chi connectivity index (χ1) is 5.61. The van der Waals surface area contributed by atoms with E-state index in [0.717, 1.165) is 6.42 Å². The Morgan fingerprint density at radius 2 is 2.00 bits per heavy atom. The van der Waals surface area contributed by atoms with Crippen LogP contribution in [-0.2, 0) is 0 Å². The molecule has 0 aliphatic carbocycles. The van der Waals surface area contributed by atoms with Crippen LogP contribution >= 0.6 is 0 Å². The van der Waals surface area contributed by atoms with Crippen molar-refractivity contribution in [3.8, 4) is 0 Å². The molecule has 12 heavy (non-hydrogen) atoms. The van der Waals surface area contributed by atoms with E-state index in [0.29, 0.717) is 11.8 Å². The van der Waals surface area contributed by atoms with Gasteiger partial charge in [-0.3, -0.25) is 0 Å².